The lowest BCUT2D eigenvalue weighted by molar-refractivity contribution is 0.415. The van der Waals surface area contributed by atoms with Crippen molar-refractivity contribution in [3.8, 4) is 16.9 Å². The first-order chi connectivity index (χ1) is 8.67. The van der Waals surface area contributed by atoms with Crippen molar-refractivity contribution in [2.45, 2.75) is 13.5 Å². The molecule has 4 heteroatoms. The van der Waals surface area contributed by atoms with Gasteiger partial charge in [0.25, 0.3) is 0 Å². The van der Waals surface area contributed by atoms with Crippen LogP contribution in [0, 0.1) is 6.92 Å². The van der Waals surface area contributed by atoms with Gasteiger partial charge < -0.3 is 10.5 Å². The fraction of sp³-hybridized carbons (Fsp3) is 0.214. The topological polar surface area (TPSA) is 48.1 Å². The normalized spacial score (nSPS) is 10.4. The predicted molar refractivity (Wildman–Crippen MR) is 73.9 cm³/mol. The molecule has 1 aromatic heterocycles. The Morgan fingerprint density at radius 2 is 2.11 bits per heavy atom. The molecule has 18 heavy (non-hydrogen) atoms. The molecule has 3 nitrogen and oxygen atoms in total. The second-order valence-corrected chi connectivity index (χ2v) is 4.45. The van der Waals surface area contributed by atoms with Gasteiger partial charge in [0, 0.05) is 18.9 Å². The van der Waals surface area contributed by atoms with E-state index >= 15 is 0 Å². The van der Waals surface area contributed by atoms with Gasteiger partial charge in [-0.15, -0.1) is 0 Å². The number of hydrogen-bond donors (Lipinski definition) is 1. The average molecular weight is 263 g/mol. The minimum absolute atomic E-state index is 0.451. The van der Waals surface area contributed by atoms with Crippen LogP contribution in [0.4, 0.5) is 0 Å². The quantitative estimate of drug-likeness (QED) is 0.924. The van der Waals surface area contributed by atoms with Gasteiger partial charge in [0.05, 0.1) is 12.1 Å². The van der Waals surface area contributed by atoms with E-state index in [-0.39, 0.29) is 0 Å². The number of benzene rings is 1. The highest BCUT2D eigenvalue weighted by Crippen LogP contribution is 2.34. The molecule has 0 fully saturated rings. The summed E-state index contributed by atoms with van der Waals surface area (Å²) in [5.41, 5.74) is 9.95. The highest BCUT2D eigenvalue weighted by atomic mass is 35.5. The van der Waals surface area contributed by atoms with Crippen LogP contribution in [0.1, 0.15) is 11.1 Å². The standard InChI is InChI=1S/C14H15ClN2O/c1-9-5-14(18-2)13(15)6-12(9)11-3-4-17-8-10(11)7-16/h3-6,8H,7,16H2,1-2H3. The number of halogens is 1. The fourth-order valence-corrected chi connectivity index (χ4v) is 2.20. The Labute approximate surface area is 112 Å². The number of nitrogens with zero attached hydrogens (tertiary/aromatic N) is 1. The zero-order chi connectivity index (χ0) is 13.1. The van der Waals surface area contributed by atoms with E-state index in [0.29, 0.717) is 17.3 Å². The number of nitrogens with two attached hydrogens (primary N) is 1. The molecular formula is C14H15ClN2O. The van der Waals surface area contributed by atoms with Gasteiger partial charge in [-0.2, -0.15) is 0 Å². The van der Waals surface area contributed by atoms with Crippen molar-refractivity contribution in [3.63, 3.8) is 0 Å². The second-order valence-electron chi connectivity index (χ2n) is 4.04. The van der Waals surface area contributed by atoms with Gasteiger partial charge in [-0.1, -0.05) is 11.6 Å². The highest BCUT2D eigenvalue weighted by Gasteiger charge is 2.10. The van der Waals surface area contributed by atoms with Crippen LogP contribution >= 0.6 is 11.6 Å². The summed E-state index contributed by atoms with van der Waals surface area (Å²) in [5.74, 6) is 0.682. The van der Waals surface area contributed by atoms with Gasteiger partial charge in [-0.3, -0.25) is 4.98 Å². The number of aryl methyl sites for hydroxylation is 1. The van der Waals surface area contributed by atoms with Crippen molar-refractivity contribution in [2.24, 2.45) is 5.73 Å². The first kappa shape index (κ1) is 12.9. The second kappa shape index (κ2) is 5.38. The van der Waals surface area contributed by atoms with E-state index in [0.717, 1.165) is 22.3 Å². The molecule has 0 saturated heterocycles. The van der Waals surface area contributed by atoms with Crippen molar-refractivity contribution < 1.29 is 4.74 Å². The molecule has 0 aliphatic rings. The molecule has 0 aliphatic heterocycles. The van der Waals surface area contributed by atoms with Crippen LogP contribution in [0.25, 0.3) is 11.1 Å². The van der Waals surface area contributed by atoms with Crippen LogP contribution in [0.5, 0.6) is 5.75 Å². The van der Waals surface area contributed by atoms with Gasteiger partial charge in [-0.05, 0) is 47.4 Å². The zero-order valence-electron chi connectivity index (χ0n) is 10.4. The summed E-state index contributed by atoms with van der Waals surface area (Å²) in [6, 6.07) is 5.79. The third kappa shape index (κ3) is 2.33. The van der Waals surface area contributed by atoms with Crippen molar-refractivity contribution in [1.82, 2.24) is 4.98 Å². The summed E-state index contributed by atoms with van der Waals surface area (Å²) < 4.78 is 5.20. The third-order valence-electron chi connectivity index (χ3n) is 2.91. The molecule has 0 spiro atoms. The Morgan fingerprint density at radius 1 is 1.33 bits per heavy atom. The number of ether oxygens (including phenoxy) is 1. The molecule has 0 atom stereocenters. The Bertz CT molecular complexity index is 570. The Hall–Kier alpha value is -1.58. The van der Waals surface area contributed by atoms with Gasteiger partial charge in [0.15, 0.2) is 0 Å². The summed E-state index contributed by atoms with van der Waals surface area (Å²) >= 11 is 6.18. The monoisotopic (exact) mass is 262 g/mol. The number of hydrogen-bond acceptors (Lipinski definition) is 3. The number of methoxy groups -OCH3 is 1. The van der Waals surface area contributed by atoms with Crippen LogP contribution in [0.15, 0.2) is 30.6 Å². The Kier molecular flexibility index (Phi) is 3.84. The van der Waals surface area contributed by atoms with E-state index in [1.807, 2.05) is 25.1 Å². The summed E-state index contributed by atoms with van der Waals surface area (Å²) in [7, 11) is 1.61. The molecule has 0 radical (unpaired) electrons. The van der Waals surface area contributed by atoms with Crippen LogP contribution in [0.2, 0.25) is 5.02 Å². The Balaban J connectivity index is 2.61. The molecule has 2 aromatic rings. The molecule has 94 valence electrons. The van der Waals surface area contributed by atoms with Gasteiger partial charge in [0.2, 0.25) is 0 Å². The molecule has 0 unspecified atom stereocenters. The lowest BCUT2D eigenvalue weighted by Gasteiger charge is -2.13. The largest absolute Gasteiger partial charge is 0.495 e. The van der Waals surface area contributed by atoms with Crippen LogP contribution in [-0.4, -0.2) is 12.1 Å². The summed E-state index contributed by atoms with van der Waals surface area (Å²) in [6.45, 7) is 2.47. The molecule has 1 heterocycles. The zero-order valence-corrected chi connectivity index (χ0v) is 11.2. The van der Waals surface area contributed by atoms with E-state index in [4.69, 9.17) is 22.1 Å². The summed E-state index contributed by atoms with van der Waals surface area (Å²) in [4.78, 5) is 4.09. The molecule has 2 N–H and O–H groups in total. The lowest BCUT2D eigenvalue weighted by Crippen LogP contribution is -2.00. The van der Waals surface area contributed by atoms with Crippen molar-refractivity contribution in [2.75, 3.05) is 7.11 Å². The van der Waals surface area contributed by atoms with Crippen LogP contribution in [0.3, 0.4) is 0 Å². The molecular weight excluding hydrogens is 248 g/mol. The summed E-state index contributed by atoms with van der Waals surface area (Å²) in [6.07, 6.45) is 3.54. The predicted octanol–water partition coefficient (Wildman–Crippen LogP) is 3.18. The fourth-order valence-electron chi connectivity index (χ4n) is 1.95. The average Bonchev–Trinajstić information content (AvgIpc) is 2.41. The molecule has 0 saturated carbocycles. The maximum atomic E-state index is 6.18. The first-order valence-corrected chi connectivity index (χ1v) is 6.02. The number of rotatable bonds is 3. The minimum atomic E-state index is 0.451. The van der Waals surface area contributed by atoms with Gasteiger partial charge in [-0.25, -0.2) is 0 Å². The molecule has 1 aromatic carbocycles. The first-order valence-electron chi connectivity index (χ1n) is 5.64. The Morgan fingerprint density at radius 3 is 2.78 bits per heavy atom. The van der Waals surface area contributed by atoms with Crippen molar-refractivity contribution in [1.29, 1.82) is 0 Å². The lowest BCUT2D eigenvalue weighted by atomic mass is 9.97. The maximum absolute atomic E-state index is 6.18. The minimum Gasteiger partial charge on any atom is -0.495 e. The summed E-state index contributed by atoms with van der Waals surface area (Å²) in [5, 5.41) is 0.595. The maximum Gasteiger partial charge on any atom is 0.137 e. The smallest absolute Gasteiger partial charge is 0.137 e. The van der Waals surface area contributed by atoms with E-state index in [2.05, 4.69) is 4.98 Å². The van der Waals surface area contributed by atoms with E-state index in [1.54, 1.807) is 19.5 Å². The van der Waals surface area contributed by atoms with Gasteiger partial charge >= 0.3 is 0 Å². The number of pyridine rings is 1. The SMILES string of the molecule is COc1cc(C)c(-c2ccncc2CN)cc1Cl. The van der Waals surface area contributed by atoms with Crippen molar-refractivity contribution >= 4 is 11.6 Å². The van der Waals surface area contributed by atoms with E-state index < -0.39 is 0 Å². The van der Waals surface area contributed by atoms with E-state index in [9.17, 15) is 0 Å². The van der Waals surface area contributed by atoms with Crippen LogP contribution < -0.4 is 10.5 Å². The van der Waals surface area contributed by atoms with E-state index in [1.165, 1.54) is 0 Å². The highest BCUT2D eigenvalue weighted by molar-refractivity contribution is 6.32. The number of aromatic nitrogens is 1. The van der Waals surface area contributed by atoms with Gasteiger partial charge in [0.1, 0.15) is 5.75 Å². The molecule has 0 bridgehead atoms. The van der Waals surface area contributed by atoms with Crippen molar-refractivity contribution in [3.05, 3.63) is 46.7 Å². The van der Waals surface area contributed by atoms with Crippen LogP contribution in [-0.2, 0) is 6.54 Å². The third-order valence-corrected chi connectivity index (χ3v) is 3.21. The molecule has 0 aliphatic carbocycles. The molecule has 0 amide bonds. The molecule has 2 rings (SSSR count).